The molecule has 1 aromatic carbocycles. The zero-order valence-electron chi connectivity index (χ0n) is 12.9. The molecule has 2 atom stereocenters. The molecule has 1 fully saturated rings. The van der Waals surface area contributed by atoms with E-state index in [0.717, 1.165) is 36.7 Å². The second kappa shape index (κ2) is 6.89. The fraction of sp³-hybridized carbons (Fsp3) is 0.588. The van der Waals surface area contributed by atoms with Crippen LogP contribution in [0.5, 0.6) is 0 Å². The number of carbonyl (C=O) groups excluding carboxylic acids is 1. The second-order valence-electron chi connectivity index (χ2n) is 6.20. The Morgan fingerprint density at radius 3 is 2.90 bits per heavy atom. The molecule has 1 saturated heterocycles. The van der Waals surface area contributed by atoms with Gasteiger partial charge < -0.3 is 10.2 Å². The van der Waals surface area contributed by atoms with Crippen molar-refractivity contribution < 1.29 is 4.79 Å². The third-order valence-electron chi connectivity index (χ3n) is 4.04. The molecular formula is C17H26N2O. The molecule has 0 bridgehead atoms. The van der Waals surface area contributed by atoms with Crippen LogP contribution in [0.1, 0.15) is 42.6 Å². The molecule has 1 N–H and O–H groups in total. The Morgan fingerprint density at radius 2 is 2.20 bits per heavy atom. The molecule has 0 spiro atoms. The van der Waals surface area contributed by atoms with Gasteiger partial charge in [-0.15, -0.1) is 0 Å². The molecule has 2 rings (SSSR count). The summed E-state index contributed by atoms with van der Waals surface area (Å²) >= 11 is 0. The van der Waals surface area contributed by atoms with Crippen molar-refractivity contribution >= 4 is 5.91 Å². The van der Waals surface area contributed by atoms with Gasteiger partial charge in [-0.1, -0.05) is 25.1 Å². The molecule has 0 aromatic heterocycles. The van der Waals surface area contributed by atoms with Gasteiger partial charge in [0.15, 0.2) is 0 Å². The van der Waals surface area contributed by atoms with Gasteiger partial charge in [0.1, 0.15) is 0 Å². The summed E-state index contributed by atoms with van der Waals surface area (Å²) in [4.78, 5) is 14.7. The Hall–Kier alpha value is -1.35. The summed E-state index contributed by atoms with van der Waals surface area (Å²) in [6.45, 7) is 9.64. The number of piperidine rings is 1. The van der Waals surface area contributed by atoms with Crippen LogP contribution in [-0.2, 0) is 0 Å². The largest absolute Gasteiger partial charge is 0.348 e. The molecule has 1 aliphatic rings. The van der Waals surface area contributed by atoms with Gasteiger partial charge in [0.2, 0.25) is 0 Å². The van der Waals surface area contributed by atoms with Crippen molar-refractivity contribution in [2.24, 2.45) is 5.92 Å². The van der Waals surface area contributed by atoms with E-state index in [0.29, 0.717) is 0 Å². The molecule has 1 amide bonds. The van der Waals surface area contributed by atoms with E-state index in [9.17, 15) is 4.79 Å². The van der Waals surface area contributed by atoms with Crippen LogP contribution in [-0.4, -0.2) is 36.5 Å². The molecule has 3 heteroatoms. The average Bonchev–Trinajstić information content (AvgIpc) is 2.38. The van der Waals surface area contributed by atoms with Crippen LogP contribution in [0.25, 0.3) is 0 Å². The first-order valence-electron chi connectivity index (χ1n) is 7.65. The molecular weight excluding hydrogens is 248 g/mol. The molecule has 20 heavy (non-hydrogen) atoms. The number of nitrogens with one attached hydrogen (secondary N) is 1. The number of likely N-dealkylation sites (tertiary alicyclic amines) is 1. The second-order valence-corrected chi connectivity index (χ2v) is 6.20. The van der Waals surface area contributed by atoms with Gasteiger partial charge in [0.25, 0.3) is 5.91 Å². The predicted molar refractivity (Wildman–Crippen MR) is 82.9 cm³/mol. The number of amides is 1. The van der Waals surface area contributed by atoms with Crippen LogP contribution in [0, 0.1) is 12.8 Å². The van der Waals surface area contributed by atoms with Gasteiger partial charge >= 0.3 is 0 Å². The Bertz CT molecular complexity index is 458. The van der Waals surface area contributed by atoms with E-state index in [1.807, 2.05) is 31.2 Å². The molecule has 1 heterocycles. The number of nitrogens with zero attached hydrogens (tertiary/aromatic N) is 1. The normalized spacial score (nSPS) is 21.4. The predicted octanol–water partition coefficient (Wildman–Crippen LogP) is 2.85. The van der Waals surface area contributed by atoms with E-state index in [1.165, 1.54) is 12.8 Å². The zero-order valence-corrected chi connectivity index (χ0v) is 12.9. The number of hydrogen-bond donors (Lipinski definition) is 1. The van der Waals surface area contributed by atoms with Crippen molar-refractivity contribution in [3.8, 4) is 0 Å². The van der Waals surface area contributed by atoms with E-state index in [1.54, 1.807) is 0 Å². The fourth-order valence-electron chi connectivity index (χ4n) is 3.01. The third-order valence-corrected chi connectivity index (χ3v) is 4.04. The minimum Gasteiger partial charge on any atom is -0.348 e. The lowest BCUT2D eigenvalue weighted by Gasteiger charge is -2.32. The maximum Gasteiger partial charge on any atom is 0.251 e. The summed E-state index contributed by atoms with van der Waals surface area (Å²) in [5.41, 5.74) is 1.81. The number of hydrogen-bond acceptors (Lipinski definition) is 2. The molecule has 110 valence electrons. The van der Waals surface area contributed by atoms with Gasteiger partial charge in [-0.25, -0.2) is 0 Å². The van der Waals surface area contributed by atoms with E-state index in [2.05, 4.69) is 24.1 Å². The smallest absolute Gasteiger partial charge is 0.251 e. The van der Waals surface area contributed by atoms with Crippen LogP contribution in [0.2, 0.25) is 0 Å². The highest BCUT2D eigenvalue weighted by Crippen LogP contribution is 2.15. The summed E-state index contributed by atoms with van der Waals surface area (Å²) in [5.74, 6) is 0.823. The van der Waals surface area contributed by atoms with E-state index < -0.39 is 0 Å². The number of rotatable bonds is 4. The van der Waals surface area contributed by atoms with Crippen molar-refractivity contribution in [3.05, 3.63) is 35.4 Å². The minimum absolute atomic E-state index is 0.0423. The van der Waals surface area contributed by atoms with Crippen molar-refractivity contribution in [2.75, 3.05) is 19.6 Å². The lowest BCUT2D eigenvalue weighted by atomic mass is 10.00. The zero-order chi connectivity index (χ0) is 14.5. The Morgan fingerprint density at radius 1 is 1.45 bits per heavy atom. The van der Waals surface area contributed by atoms with Gasteiger partial charge in [-0.2, -0.15) is 0 Å². The van der Waals surface area contributed by atoms with Gasteiger partial charge in [0.05, 0.1) is 0 Å². The monoisotopic (exact) mass is 274 g/mol. The summed E-state index contributed by atoms with van der Waals surface area (Å²) in [5, 5.41) is 3.12. The summed E-state index contributed by atoms with van der Waals surface area (Å²) in [7, 11) is 0. The molecule has 0 unspecified atom stereocenters. The summed E-state index contributed by atoms with van der Waals surface area (Å²) in [6.07, 6.45) is 2.61. The van der Waals surface area contributed by atoms with Crippen LogP contribution in [0.15, 0.2) is 24.3 Å². The Balaban J connectivity index is 1.86. The highest BCUT2D eigenvalue weighted by Gasteiger charge is 2.19. The first-order chi connectivity index (χ1) is 9.56. The third kappa shape index (κ3) is 4.07. The molecule has 0 aliphatic carbocycles. The number of carbonyl (C=O) groups is 1. The van der Waals surface area contributed by atoms with Crippen molar-refractivity contribution in [1.29, 1.82) is 0 Å². The van der Waals surface area contributed by atoms with Crippen LogP contribution >= 0.6 is 0 Å². The van der Waals surface area contributed by atoms with E-state index in [-0.39, 0.29) is 11.9 Å². The molecule has 1 aliphatic heterocycles. The van der Waals surface area contributed by atoms with Crippen LogP contribution in [0.3, 0.4) is 0 Å². The highest BCUT2D eigenvalue weighted by molar-refractivity contribution is 5.95. The molecule has 3 nitrogen and oxygen atoms in total. The van der Waals surface area contributed by atoms with E-state index >= 15 is 0 Å². The average molecular weight is 274 g/mol. The quantitative estimate of drug-likeness (QED) is 0.915. The molecule has 1 aromatic rings. The summed E-state index contributed by atoms with van der Waals surface area (Å²) < 4.78 is 0. The standard InChI is InChI=1S/C17H26N2O/c1-13-7-6-10-19(11-13)12-15(3)18-17(20)16-9-5-4-8-14(16)2/h4-5,8-9,13,15H,6-7,10-12H2,1-3H3,(H,18,20)/t13-,15-/m1/s1. The highest BCUT2D eigenvalue weighted by atomic mass is 16.1. The number of benzene rings is 1. The molecule has 0 radical (unpaired) electrons. The SMILES string of the molecule is Cc1ccccc1C(=O)N[C@H](C)CN1CCC[C@@H](C)C1. The Kier molecular flexibility index (Phi) is 5.18. The van der Waals surface area contributed by atoms with Crippen LogP contribution in [0.4, 0.5) is 0 Å². The van der Waals surface area contributed by atoms with Crippen molar-refractivity contribution in [2.45, 2.75) is 39.7 Å². The molecule has 0 saturated carbocycles. The maximum absolute atomic E-state index is 12.3. The topological polar surface area (TPSA) is 32.3 Å². The Labute approximate surface area is 122 Å². The van der Waals surface area contributed by atoms with Gasteiger partial charge in [-0.3, -0.25) is 4.79 Å². The minimum atomic E-state index is 0.0423. The summed E-state index contributed by atoms with van der Waals surface area (Å²) in [6, 6.07) is 7.93. The fourth-order valence-corrected chi connectivity index (χ4v) is 3.01. The first-order valence-corrected chi connectivity index (χ1v) is 7.65. The lowest BCUT2D eigenvalue weighted by molar-refractivity contribution is 0.0919. The van der Waals surface area contributed by atoms with Gasteiger partial charge in [-0.05, 0) is 50.8 Å². The maximum atomic E-state index is 12.3. The van der Waals surface area contributed by atoms with Crippen molar-refractivity contribution in [1.82, 2.24) is 10.2 Å². The van der Waals surface area contributed by atoms with Gasteiger partial charge in [0, 0.05) is 24.7 Å². The van der Waals surface area contributed by atoms with Crippen molar-refractivity contribution in [3.63, 3.8) is 0 Å². The lowest BCUT2D eigenvalue weighted by Crippen LogP contribution is -2.45. The van der Waals surface area contributed by atoms with E-state index in [4.69, 9.17) is 0 Å². The first kappa shape index (κ1) is 15.0. The number of aryl methyl sites for hydroxylation is 1. The van der Waals surface area contributed by atoms with Crippen LogP contribution < -0.4 is 5.32 Å².